The topological polar surface area (TPSA) is 43.8 Å². The highest BCUT2D eigenvalue weighted by molar-refractivity contribution is 6.33. The molecule has 0 aliphatic rings. The molecule has 0 atom stereocenters. The Kier molecular flexibility index (Phi) is 3.54. The van der Waals surface area contributed by atoms with E-state index in [1.807, 2.05) is 65.3 Å². The van der Waals surface area contributed by atoms with E-state index in [0.29, 0.717) is 11.6 Å². The number of benzene rings is 2. The zero-order valence-corrected chi connectivity index (χ0v) is 11.6. The Balaban J connectivity index is 2.21. The van der Waals surface area contributed by atoms with Crippen LogP contribution in [0.1, 0.15) is 5.69 Å². The number of nitrogens with two attached hydrogens (primary N) is 1. The first-order valence-corrected chi connectivity index (χ1v) is 6.76. The van der Waals surface area contributed by atoms with Crippen LogP contribution in [-0.2, 0) is 6.54 Å². The first-order chi connectivity index (χ1) is 9.79. The number of hydrogen-bond donors (Lipinski definition) is 1. The van der Waals surface area contributed by atoms with Gasteiger partial charge < -0.3 is 5.73 Å². The smallest absolute Gasteiger partial charge is 0.0771 e. The van der Waals surface area contributed by atoms with Gasteiger partial charge in [0.2, 0.25) is 0 Å². The van der Waals surface area contributed by atoms with Crippen molar-refractivity contribution in [2.24, 2.45) is 5.73 Å². The minimum atomic E-state index is 0.400. The zero-order chi connectivity index (χ0) is 13.9. The second-order valence-corrected chi connectivity index (χ2v) is 4.86. The molecule has 3 rings (SSSR count). The predicted octanol–water partition coefficient (Wildman–Crippen LogP) is 3.65. The third-order valence-corrected chi connectivity index (χ3v) is 3.45. The van der Waals surface area contributed by atoms with Gasteiger partial charge in [-0.15, -0.1) is 0 Å². The minimum absolute atomic E-state index is 0.400. The van der Waals surface area contributed by atoms with E-state index in [0.717, 1.165) is 22.6 Å². The van der Waals surface area contributed by atoms with Gasteiger partial charge in [-0.2, -0.15) is 5.10 Å². The highest BCUT2D eigenvalue weighted by atomic mass is 35.5. The molecule has 0 saturated carbocycles. The van der Waals surface area contributed by atoms with E-state index >= 15 is 0 Å². The number of para-hydroxylation sites is 1. The summed E-state index contributed by atoms with van der Waals surface area (Å²) in [6.45, 7) is 0.400. The molecule has 1 heterocycles. The molecule has 4 heteroatoms. The van der Waals surface area contributed by atoms with Crippen LogP contribution in [0.15, 0.2) is 60.7 Å². The quantitative estimate of drug-likeness (QED) is 0.797. The highest BCUT2D eigenvalue weighted by Crippen LogP contribution is 2.29. The Morgan fingerprint density at radius 3 is 2.40 bits per heavy atom. The fourth-order valence-corrected chi connectivity index (χ4v) is 2.39. The summed E-state index contributed by atoms with van der Waals surface area (Å²) >= 11 is 6.30. The van der Waals surface area contributed by atoms with Crippen LogP contribution in [0.25, 0.3) is 16.9 Å². The molecular weight excluding hydrogens is 270 g/mol. The molecule has 1 aromatic heterocycles. The van der Waals surface area contributed by atoms with Gasteiger partial charge in [-0.1, -0.05) is 48.0 Å². The standard InChI is InChI=1S/C16H14ClN3/c17-15-9-5-4-8-14(15)16-10-12(11-18)19-20(16)13-6-2-1-3-7-13/h1-10H,11,18H2. The Morgan fingerprint density at radius 1 is 1.00 bits per heavy atom. The van der Waals surface area contributed by atoms with Gasteiger partial charge in [0.15, 0.2) is 0 Å². The monoisotopic (exact) mass is 283 g/mol. The molecule has 0 amide bonds. The molecular formula is C16H14ClN3. The molecule has 0 bridgehead atoms. The van der Waals surface area contributed by atoms with E-state index in [4.69, 9.17) is 17.3 Å². The molecule has 3 aromatic rings. The Morgan fingerprint density at radius 2 is 1.70 bits per heavy atom. The van der Waals surface area contributed by atoms with Gasteiger partial charge in [-0.05, 0) is 24.3 Å². The summed E-state index contributed by atoms with van der Waals surface area (Å²) in [6.07, 6.45) is 0. The summed E-state index contributed by atoms with van der Waals surface area (Å²) in [4.78, 5) is 0. The van der Waals surface area contributed by atoms with Crippen LogP contribution in [0.4, 0.5) is 0 Å². The largest absolute Gasteiger partial charge is 0.325 e. The average molecular weight is 284 g/mol. The number of halogens is 1. The lowest BCUT2D eigenvalue weighted by atomic mass is 10.1. The van der Waals surface area contributed by atoms with Gasteiger partial charge in [0.25, 0.3) is 0 Å². The fraction of sp³-hybridized carbons (Fsp3) is 0.0625. The van der Waals surface area contributed by atoms with Gasteiger partial charge in [0, 0.05) is 17.1 Å². The number of hydrogen-bond acceptors (Lipinski definition) is 2. The third-order valence-electron chi connectivity index (χ3n) is 3.12. The fourth-order valence-electron chi connectivity index (χ4n) is 2.16. The van der Waals surface area contributed by atoms with Crippen molar-refractivity contribution in [1.82, 2.24) is 9.78 Å². The number of nitrogens with zero attached hydrogens (tertiary/aromatic N) is 2. The molecule has 20 heavy (non-hydrogen) atoms. The van der Waals surface area contributed by atoms with Crippen LogP contribution in [-0.4, -0.2) is 9.78 Å². The zero-order valence-electron chi connectivity index (χ0n) is 10.8. The van der Waals surface area contributed by atoms with E-state index in [9.17, 15) is 0 Å². The van der Waals surface area contributed by atoms with Crippen molar-refractivity contribution in [3.8, 4) is 16.9 Å². The maximum absolute atomic E-state index is 6.30. The van der Waals surface area contributed by atoms with Gasteiger partial charge >= 0.3 is 0 Å². The van der Waals surface area contributed by atoms with Crippen molar-refractivity contribution < 1.29 is 0 Å². The summed E-state index contributed by atoms with van der Waals surface area (Å²) < 4.78 is 1.88. The SMILES string of the molecule is NCc1cc(-c2ccccc2Cl)n(-c2ccccc2)n1. The summed E-state index contributed by atoms with van der Waals surface area (Å²) in [5.41, 5.74) is 9.44. The normalized spacial score (nSPS) is 10.7. The van der Waals surface area contributed by atoms with Crippen molar-refractivity contribution in [2.45, 2.75) is 6.54 Å². The maximum atomic E-state index is 6.30. The van der Waals surface area contributed by atoms with E-state index in [1.54, 1.807) is 0 Å². The maximum Gasteiger partial charge on any atom is 0.0771 e. The van der Waals surface area contributed by atoms with Crippen molar-refractivity contribution in [2.75, 3.05) is 0 Å². The minimum Gasteiger partial charge on any atom is -0.325 e. The molecule has 0 spiro atoms. The van der Waals surface area contributed by atoms with Crippen LogP contribution in [0, 0.1) is 0 Å². The number of rotatable bonds is 3. The van der Waals surface area contributed by atoms with Crippen LogP contribution in [0.5, 0.6) is 0 Å². The molecule has 0 aliphatic carbocycles. The first-order valence-electron chi connectivity index (χ1n) is 6.39. The van der Waals surface area contributed by atoms with Crippen molar-refractivity contribution in [3.63, 3.8) is 0 Å². The lowest BCUT2D eigenvalue weighted by Crippen LogP contribution is -2.01. The van der Waals surface area contributed by atoms with E-state index in [1.165, 1.54) is 0 Å². The van der Waals surface area contributed by atoms with Crippen LogP contribution in [0.3, 0.4) is 0 Å². The second-order valence-electron chi connectivity index (χ2n) is 4.45. The average Bonchev–Trinajstić information content (AvgIpc) is 2.93. The van der Waals surface area contributed by atoms with Gasteiger partial charge in [0.1, 0.15) is 0 Å². The van der Waals surface area contributed by atoms with Crippen LogP contribution >= 0.6 is 11.6 Å². The summed E-state index contributed by atoms with van der Waals surface area (Å²) in [5, 5.41) is 5.25. The van der Waals surface area contributed by atoms with Gasteiger partial charge in [-0.25, -0.2) is 4.68 Å². The van der Waals surface area contributed by atoms with Crippen LogP contribution in [0.2, 0.25) is 5.02 Å². The predicted molar refractivity (Wildman–Crippen MR) is 81.9 cm³/mol. The molecule has 100 valence electrons. The van der Waals surface area contributed by atoms with E-state index in [-0.39, 0.29) is 0 Å². The molecule has 2 aromatic carbocycles. The van der Waals surface area contributed by atoms with Gasteiger partial charge in [0.05, 0.1) is 17.1 Å². The van der Waals surface area contributed by atoms with E-state index in [2.05, 4.69) is 5.10 Å². The summed E-state index contributed by atoms with van der Waals surface area (Å²) in [6, 6.07) is 19.7. The molecule has 2 N–H and O–H groups in total. The third kappa shape index (κ3) is 2.33. The van der Waals surface area contributed by atoms with Crippen molar-refractivity contribution in [3.05, 3.63) is 71.4 Å². The molecule has 0 aliphatic heterocycles. The summed E-state index contributed by atoms with van der Waals surface area (Å²) in [5.74, 6) is 0. The Labute approximate surface area is 122 Å². The first kappa shape index (κ1) is 12.9. The molecule has 3 nitrogen and oxygen atoms in total. The second kappa shape index (κ2) is 5.49. The molecule has 0 unspecified atom stereocenters. The highest BCUT2D eigenvalue weighted by Gasteiger charge is 2.13. The van der Waals surface area contributed by atoms with Crippen LogP contribution < -0.4 is 5.73 Å². The molecule has 0 fully saturated rings. The number of aromatic nitrogens is 2. The summed E-state index contributed by atoms with van der Waals surface area (Å²) in [7, 11) is 0. The van der Waals surface area contributed by atoms with Crippen molar-refractivity contribution in [1.29, 1.82) is 0 Å². The molecule has 0 radical (unpaired) electrons. The van der Waals surface area contributed by atoms with Gasteiger partial charge in [-0.3, -0.25) is 0 Å². The van der Waals surface area contributed by atoms with Crippen molar-refractivity contribution >= 4 is 11.6 Å². The molecule has 0 saturated heterocycles. The lowest BCUT2D eigenvalue weighted by Gasteiger charge is -2.08. The Bertz CT molecular complexity index is 720. The Hall–Kier alpha value is -2.10. The lowest BCUT2D eigenvalue weighted by molar-refractivity contribution is 0.838. The van der Waals surface area contributed by atoms with E-state index < -0.39 is 0 Å².